The highest BCUT2D eigenvalue weighted by molar-refractivity contribution is 5.36. The van der Waals surface area contributed by atoms with Crippen molar-refractivity contribution >= 4 is 0 Å². The molecule has 0 unspecified atom stereocenters. The number of hydrogen-bond acceptors (Lipinski definition) is 5. The predicted molar refractivity (Wildman–Crippen MR) is 90.1 cm³/mol. The highest BCUT2D eigenvalue weighted by atomic mass is 16.5. The molecule has 1 aromatic carbocycles. The number of aromatic nitrogens is 3. The third-order valence-corrected chi connectivity index (χ3v) is 5.17. The average molecular weight is 328 g/mol. The number of rotatable bonds is 5. The standard InChI is InChI=1S/C18H24N4O2/c23-13-14-12-22(20-19-14)16-4-6-17(7-5-16)24-18-8-10-21(11-9-18)15-2-1-3-15/h4-7,12,15,18,23H,1-3,8-11,13H2. The average Bonchev–Trinajstić information content (AvgIpc) is 3.05. The maximum absolute atomic E-state index is 9.06. The van der Waals surface area contributed by atoms with Crippen LogP contribution in [0, 0.1) is 0 Å². The molecule has 6 nitrogen and oxygen atoms in total. The van der Waals surface area contributed by atoms with Crippen molar-refractivity contribution in [3.05, 3.63) is 36.2 Å². The molecule has 1 saturated carbocycles. The molecule has 0 amide bonds. The van der Waals surface area contributed by atoms with Crippen LogP contribution in [0.15, 0.2) is 30.5 Å². The summed E-state index contributed by atoms with van der Waals surface area (Å²) >= 11 is 0. The molecule has 0 atom stereocenters. The van der Waals surface area contributed by atoms with Crippen LogP contribution in [-0.2, 0) is 6.61 Å². The number of aliphatic hydroxyl groups excluding tert-OH is 1. The molecule has 2 aliphatic rings. The second-order valence-electron chi connectivity index (χ2n) is 6.74. The van der Waals surface area contributed by atoms with E-state index >= 15 is 0 Å². The number of likely N-dealkylation sites (tertiary alicyclic amines) is 1. The zero-order valence-electron chi connectivity index (χ0n) is 13.8. The minimum Gasteiger partial charge on any atom is -0.490 e. The lowest BCUT2D eigenvalue weighted by Gasteiger charge is -2.41. The highest BCUT2D eigenvalue weighted by Crippen LogP contribution is 2.28. The molecule has 0 spiro atoms. The van der Waals surface area contributed by atoms with Gasteiger partial charge in [0, 0.05) is 19.1 Å². The van der Waals surface area contributed by atoms with Gasteiger partial charge >= 0.3 is 0 Å². The molecule has 6 heteroatoms. The summed E-state index contributed by atoms with van der Waals surface area (Å²) in [6.07, 6.45) is 8.44. The van der Waals surface area contributed by atoms with Crippen LogP contribution in [0.1, 0.15) is 37.8 Å². The van der Waals surface area contributed by atoms with E-state index in [4.69, 9.17) is 9.84 Å². The van der Waals surface area contributed by atoms with Gasteiger partial charge in [-0.15, -0.1) is 5.10 Å². The van der Waals surface area contributed by atoms with Gasteiger partial charge in [-0.1, -0.05) is 11.6 Å². The van der Waals surface area contributed by atoms with E-state index in [0.29, 0.717) is 11.8 Å². The minimum absolute atomic E-state index is 0.0965. The van der Waals surface area contributed by atoms with Crippen LogP contribution in [-0.4, -0.2) is 50.2 Å². The van der Waals surface area contributed by atoms with Crippen LogP contribution < -0.4 is 4.74 Å². The van der Waals surface area contributed by atoms with Gasteiger partial charge in [0.25, 0.3) is 0 Å². The van der Waals surface area contributed by atoms with Crippen molar-refractivity contribution in [3.8, 4) is 11.4 Å². The molecule has 0 bridgehead atoms. The SMILES string of the molecule is OCc1cn(-c2ccc(OC3CCN(C4CCC4)CC3)cc2)nn1. The van der Waals surface area contributed by atoms with Crippen molar-refractivity contribution in [1.29, 1.82) is 0 Å². The van der Waals surface area contributed by atoms with E-state index in [1.54, 1.807) is 10.9 Å². The van der Waals surface area contributed by atoms with Crippen LogP contribution in [0.2, 0.25) is 0 Å². The van der Waals surface area contributed by atoms with E-state index in [-0.39, 0.29) is 6.61 Å². The van der Waals surface area contributed by atoms with Crippen molar-refractivity contribution in [2.24, 2.45) is 0 Å². The lowest BCUT2D eigenvalue weighted by atomic mass is 9.90. The molecule has 2 aromatic rings. The van der Waals surface area contributed by atoms with E-state index in [0.717, 1.165) is 43.4 Å². The largest absolute Gasteiger partial charge is 0.490 e. The lowest BCUT2D eigenvalue weighted by Crippen LogP contribution is -2.46. The maximum atomic E-state index is 9.06. The summed E-state index contributed by atoms with van der Waals surface area (Å²) in [7, 11) is 0. The van der Waals surface area contributed by atoms with Crippen LogP contribution in [0.5, 0.6) is 5.75 Å². The van der Waals surface area contributed by atoms with Gasteiger partial charge in [0.1, 0.15) is 17.5 Å². The molecule has 1 aromatic heterocycles. The Kier molecular flexibility index (Phi) is 4.49. The van der Waals surface area contributed by atoms with Crippen molar-refractivity contribution < 1.29 is 9.84 Å². The topological polar surface area (TPSA) is 63.4 Å². The van der Waals surface area contributed by atoms with Gasteiger partial charge in [0.15, 0.2) is 0 Å². The molecular weight excluding hydrogens is 304 g/mol. The van der Waals surface area contributed by atoms with Gasteiger partial charge in [-0.3, -0.25) is 0 Å². The number of benzene rings is 1. The van der Waals surface area contributed by atoms with Gasteiger partial charge in [0.2, 0.25) is 0 Å². The fourth-order valence-electron chi connectivity index (χ4n) is 3.48. The number of nitrogens with zero attached hydrogens (tertiary/aromatic N) is 4. The quantitative estimate of drug-likeness (QED) is 0.911. The van der Waals surface area contributed by atoms with E-state index < -0.39 is 0 Å². The summed E-state index contributed by atoms with van der Waals surface area (Å²) < 4.78 is 7.80. The Hall–Kier alpha value is -1.92. The summed E-state index contributed by atoms with van der Waals surface area (Å²) in [6.45, 7) is 2.23. The molecule has 0 radical (unpaired) electrons. The maximum Gasteiger partial charge on any atom is 0.119 e. The Labute approximate surface area is 142 Å². The van der Waals surface area contributed by atoms with E-state index in [2.05, 4.69) is 15.2 Å². The number of hydrogen-bond donors (Lipinski definition) is 1. The zero-order chi connectivity index (χ0) is 16.4. The summed E-state index contributed by atoms with van der Waals surface area (Å²) in [6, 6.07) is 8.74. The first-order valence-electron chi connectivity index (χ1n) is 8.85. The van der Waals surface area contributed by atoms with Crippen LogP contribution in [0.3, 0.4) is 0 Å². The first kappa shape index (κ1) is 15.6. The number of piperidine rings is 1. The number of aliphatic hydroxyl groups is 1. The van der Waals surface area contributed by atoms with Gasteiger partial charge in [-0.2, -0.15) is 0 Å². The van der Waals surface area contributed by atoms with Crippen LogP contribution >= 0.6 is 0 Å². The Morgan fingerprint density at radius 3 is 2.42 bits per heavy atom. The highest BCUT2D eigenvalue weighted by Gasteiger charge is 2.29. The molecule has 128 valence electrons. The molecule has 24 heavy (non-hydrogen) atoms. The molecule has 2 fully saturated rings. The van der Waals surface area contributed by atoms with Gasteiger partial charge in [0.05, 0.1) is 18.5 Å². The summed E-state index contributed by atoms with van der Waals surface area (Å²) in [5, 5.41) is 16.9. The fourth-order valence-corrected chi connectivity index (χ4v) is 3.48. The molecule has 1 saturated heterocycles. The second kappa shape index (κ2) is 6.91. The smallest absolute Gasteiger partial charge is 0.119 e. The molecular formula is C18H24N4O2. The van der Waals surface area contributed by atoms with Crippen molar-refractivity contribution in [3.63, 3.8) is 0 Å². The van der Waals surface area contributed by atoms with Crippen molar-refractivity contribution in [1.82, 2.24) is 19.9 Å². The minimum atomic E-state index is -0.0965. The second-order valence-corrected chi connectivity index (χ2v) is 6.74. The molecule has 1 aliphatic heterocycles. The van der Waals surface area contributed by atoms with Crippen molar-refractivity contribution in [2.75, 3.05) is 13.1 Å². The molecule has 1 N–H and O–H groups in total. The molecule has 1 aliphatic carbocycles. The Morgan fingerprint density at radius 1 is 1.08 bits per heavy atom. The van der Waals surface area contributed by atoms with Crippen LogP contribution in [0.25, 0.3) is 5.69 Å². The fraction of sp³-hybridized carbons (Fsp3) is 0.556. The van der Waals surface area contributed by atoms with Gasteiger partial charge < -0.3 is 14.7 Å². The Bertz CT molecular complexity index is 658. The third-order valence-electron chi connectivity index (χ3n) is 5.17. The van der Waals surface area contributed by atoms with Gasteiger partial charge in [-0.05, 0) is 49.9 Å². The Balaban J connectivity index is 1.32. The molecule has 4 rings (SSSR count). The van der Waals surface area contributed by atoms with E-state index in [1.165, 1.54) is 19.3 Å². The summed E-state index contributed by atoms with van der Waals surface area (Å²) in [5.74, 6) is 0.906. The van der Waals surface area contributed by atoms with E-state index in [9.17, 15) is 0 Å². The normalized spacial score (nSPS) is 20.0. The van der Waals surface area contributed by atoms with Gasteiger partial charge in [-0.25, -0.2) is 4.68 Å². The molecule has 2 heterocycles. The zero-order valence-corrected chi connectivity index (χ0v) is 13.8. The predicted octanol–water partition coefficient (Wildman–Crippen LogP) is 2.16. The van der Waals surface area contributed by atoms with Crippen LogP contribution in [0.4, 0.5) is 0 Å². The Morgan fingerprint density at radius 2 is 1.83 bits per heavy atom. The van der Waals surface area contributed by atoms with E-state index in [1.807, 2.05) is 24.3 Å². The summed E-state index contributed by atoms with van der Waals surface area (Å²) in [4.78, 5) is 2.63. The first-order chi connectivity index (χ1) is 11.8. The number of ether oxygens (including phenoxy) is 1. The monoisotopic (exact) mass is 328 g/mol. The summed E-state index contributed by atoms with van der Waals surface area (Å²) in [5.41, 5.74) is 1.47. The lowest BCUT2D eigenvalue weighted by molar-refractivity contribution is 0.0493. The first-order valence-corrected chi connectivity index (χ1v) is 8.85. The third kappa shape index (κ3) is 3.30. The van der Waals surface area contributed by atoms with Crippen molar-refractivity contribution in [2.45, 2.75) is 50.9 Å².